The Morgan fingerprint density at radius 3 is 3.00 bits per heavy atom. The van der Waals surface area contributed by atoms with Crippen LogP contribution < -0.4 is 0 Å². The molecule has 0 aliphatic carbocycles. The zero-order valence-corrected chi connectivity index (χ0v) is 14.7. The highest BCUT2D eigenvalue weighted by Crippen LogP contribution is 2.46. The van der Waals surface area contributed by atoms with Gasteiger partial charge in [0.15, 0.2) is 0 Å². The summed E-state index contributed by atoms with van der Waals surface area (Å²) in [6.45, 7) is 4.66. The van der Waals surface area contributed by atoms with E-state index in [4.69, 9.17) is 32.7 Å². The molecule has 0 radical (unpaired) electrons. The molecule has 2 heterocycles. The van der Waals surface area contributed by atoms with Gasteiger partial charge >= 0.3 is 5.97 Å². The summed E-state index contributed by atoms with van der Waals surface area (Å²) in [5.74, 6) is -0.126. The molecular formula is C17H21Cl2NO3. The van der Waals surface area contributed by atoms with Gasteiger partial charge in [0.25, 0.3) is 0 Å². The van der Waals surface area contributed by atoms with Crippen LogP contribution in [0.4, 0.5) is 0 Å². The van der Waals surface area contributed by atoms with Crippen LogP contribution in [-0.2, 0) is 19.9 Å². The number of hydrogen-bond acceptors (Lipinski definition) is 4. The summed E-state index contributed by atoms with van der Waals surface area (Å²) in [5, 5.41) is 1.10. The second kappa shape index (κ2) is 6.98. The van der Waals surface area contributed by atoms with Crippen LogP contribution in [0.25, 0.3) is 0 Å². The van der Waals surface area contributed by atoms with E-state index in [1.807, 2.05) is 25.1 Å². The maximum atomic E-state index is 11.7. The number of morpholine rings is 1. The Kier molecular flexibility index (Phi) is 5.16. The molecule has 2 aliphatic rings. The number of rotatable bonds is 6. The molecule has 0 saturated carbocycles. The van der Waals surface area contributed by atoms with Crippen molar-refractivity contribution < 1.29 is 14.3 Å². The second-order valence-electron chi connectivity index (χ2n) is 6.23. The lowest BCUT2D eigenvalue weighted by Crippen LogP contribution is -2.42. The Morgan fingerprint density at radius 2 is 2.26 bits per heavy atom. The van der Waals surface area contributed by atoms with E-state index in [9.17, 15) is 4.79 Å². The van der Waals surface area contributed by atoms with Crippen molar-refractivity contribution in [3.8, 4) is 0 Å². The standard InChI is InChI=1S/C17H21Cl2NO3/c1-2-7-22-16(21)5-6-20-11-17(9-13(20)10-23-17)12-3-4-14(18)15(19)8-12/h3-4,8,13H,2,5-7,9-11H2,1H3. The molecule has 4 nitrogen and oxygen atoms in total. The Hall–Kier alpha value is -0.810. The number of nitrogens with zero attached hydrogens (tertiary/aromatic N) is 1. The monoisotopic (exact) mass is 357 g/mol. The SMILES string of the molecule is CCCOC(=O)CCN1CC2(c3ccc(Cl)c(Cl)c3)CC1CO2. The highest BCUT2D eigenvalue weighted by Gasteiger charge is 2.51. The summed E-state index contributed by atoms with van der Waals surface area (Å²) in [6.07, 6.45) is 2.20. The van der Waals surface area contributed by atoms with Crippen LogP contribution in [0, 0.1) is 0 Å². The maximum Gasteiger partial charge on any atom is 0.307 e. The van der Waals surface area contributed by atoms with E-state index in [2.05, 4.69) is 4.90 Å². The van der Waals surface area contributed by atoms with E-state index < -0.39 is 0 Å². The van der Waals surface area contributed by atoms with Gasteiger partial charge in [-0.1, -0.05) is 36.2 Å². The molecular weight excluding hydrogens is 337 g/mol. The molecule has 2 saturated heterocycles. The van der Waals surface area contributed by atoms with Gasteiger partial charge in [0.1, 0.15) is 5.60 Å². The Labute approximate surface area is 146 Å². The van der Waals surface area contributed by atoms with Crippen LogP contribution in [-0.4, -0.2) is 43.2 Å². The van der Waals surface area contributed by atoms with Gasteiger partial charge in [0, 0.05) is 19.1 Å². The van der Waals surface area contributed by atoms with Gasteiger partial charge in [-0.05, 0) is 30.5 Å². The van der Waals surface area contributed by atoms with E-state index in [1.54, 1.807) is 0 Å². The molecule has 3 rings (SSSR count). The minimum absolute atomic E-state index is 0.126. The lowest BCUT2D eigenvalue weighted by molar-refractivity contribution is -0.144. The molecule has 0 N–H and O–H groups in total. The number of likely N-dealkylation sites (tertiary alicyclic amines) is 1. The zero-order valence-electron chi connectivity index (χ0n) is 13.2. The van der Waals surface area contributed by atoms with Gasteiger partial charge in [-0.2, -0.15) is 0 Å². The number of halogens is 2. The van der Waals surface area contributed by atoms with Crippen LogP contribution in [0.3, 0.4) is 0 Å². The van der Waals surface area contributed by atoms with Gasteiger partial charge in [-0.25, -0.2) is 0 Å². The number of carbonyl (C=O) groups excluding carboxylic acids is 1. The first-order valence-corrected chi connectivity index (χ1v) is 8.79. The van der Waals surface area contributed by atoms with Crippen LogP contribution in [0.1, 0.15) is 31.7 Å². The molecule has 0 spiro atoms. The molecule has 0 aromatic heterocycles. The van der Waals surface area contributed by atoms with Gasteiger partial charge in [0.2, 0.25) is 0 Å². The molecule has 126 valence electrons. The summed E-state index contributed by atoms with van der Waals surface area (Å²) in [7, 11) is 0. The summed E-state index contributed by atoms with van der Waals surface area (Å²) < 4.78 is 11.2. The topological polar surface area (TPSA) is 38.8 Å². The first-order valence-electron chi connectivity index (χ1n) is 8.03. The molecule has 2 fully saturated rings. The fourth-order valence-corrected chi connectivity index (χ4v) is 3.71. The van der Waals surface area contributed by atoms with Crippen LogP contribution in [0.15, 0.2) is 18.2 Å². The van der Waals surface area contributed by atoms with Crippen LogP contribution in [0.5, 0.6) is 0 Å². The largest absolute Gasteiger partial charge is 0.466 e. The second-order valence-corrected chi connectivity index (χ2v) is 7.05. The van der Waals surface area contributed by atoms with Crippen molar-refractivity contribution in [2.24, 2.45) is 0 Å². The third-order valence-electron chi connectivity index (χ3n) is 4.61. The van der Waals surface area contributed by atoms with E-state index in [0.29, 0.717) is 42.3 Å². The number of ether oxygens (including phenoxy) is 2. The van der Waals surface area contributed by atoms with Gasteiger partial charge < -0.3 is 9.47 Å². The summed E-state index contributed by atoms with van der Waals surface area (Å²) in [6, 6.07) is 6.04. The minimum Gasteiger partial charge on any atom is -0.466 e. The highest BCUT2D eigenvalue weighted by molar-refractivity contribution is 6.42. The van der Waals surface area contributed by atoms with Crippen molar-refractivity contribution in [1.82, 2.24) is 4.90 Å². The quantitative estimate of drug-likeness (QED) is 0.728. The van der Waals surface area contributed by atoms with Crippen molar-refractivity contribution in [2.75, 3.05) is 26.3 Å². The van der Waals surface area contributed by atoms with Crippen molar-refractivity contribution in [3.05, 3.63) is 33.8 Å². The number of benzene rings is 1. The van der Waals surface area contributed by atoms with Crippen molar-refractivity contribution >= 4 is 29.2 Å². The molecule has 0 amide bonds. The highest BCUT2D eigenvalue weighted by atomic mass is 35.5. The van der Waals surface area contributed by atoms with E-state index in [1.165, 1.54) is 0 Å². The Morgan fingerprint density at radius 1 is 1.43 bits per heavy atom. The van der Waals surface area contributed by atoms with E-state index in [0.717, 1.165) is 24.9 Å². The normalized spacial score (nSPS) is 26.7. The third kappa shape index (κ3) is 3.50. The number of hydrogen-bond donors (Lipinski definition) is 0. The summed E-state index contributed by atoms with van der Waals surface area (Å²) in [4.78, 5) is 14.0. The molecule has 2 aliphatic heterocycles. The lowest BCUT2D eigenvalue weighted by Gasteiger charge is -2.33. The predicted molar refractivity (Wildman–Crippen MR) is 89.9 cm³/mol. The Bertz CT molecular complexity index is 595. The number of fused-ring (bicyclic) bond motifs is 2. The summed E-state index contributed by atoms with van der Waals surface area (Å²) >= 11 is 12.2. The van der Waals surface area contributed by atoms with Gasteiger partial charge in [0.05, 0.1) is 29.7 Å². The van der Waals surface area contributed by atoms with Gasteiger partial charge in [-0.15, -0.1) is 0 Å². The maximum absolute atomic E-state index is 11.7. The molecule has 2 atom stereocenters. The van der Waals surface area contributed by atoms with Crippen molar-refractivity contribution in [1.29, 1.82) is 0 Å². The predicted octanol–water partition coefficient (Wildman–Crippen LogP) is 3.64. The van der Waals surface area contributed by atoms with Crippen molar-refractivity contribution in [3.63, 3.8) is 0 Å². The summed E-state index contributed by atoms with van der Waals surface area (Å²) in [5.41, 5.74) is 0.733. The number of esters is 1. The molecule has 2 bridgehead atoms. The van der Waals surface area contributed by atoms with Crippen LogP contribution >= 0.6 is 23.2 Å². The molecule has 1 aromatic carbocycles. The van der Waals surface area contributed by atoms with Gasteiger partial charge in [-0.3, -0.25) is 9.69 Å². The zero-order chi connectivity index (χ0) is 16.4. The third-order valence-corrected chi connectivity index (χ3v) is 5.35. The molecule has 6 heteroatoms. The fourth-order valence-electron chi connectivity index (χ4n) is 3.41. The smallest absolute Gasteiger partial charge is 0.307 e. The number of carbonyl (C=O) groups is 1. The molecule has 23 heavy (non-hydrogen) atoms. The average molecular weight is 358 g/mol. The lowest BCUT2D eigenvalue weighted by atomic mass is 9.93. The first-order chi connectivity index (χ1) is 11.0. The molecule has 1 aromatic rings. The van der Waals surface area contributed by atoms with Crippen molar-refractivity contribution in [2.45, 2.75) is 37.8 Å². The fraction of sp³-hybridized carbons (Fsp3) is 0.588. The average Bonchev–Trinajstić information content (AvgIpc) is 3.13. The molecule has 2 unspecified atom stereocenters. The minimum atomic E-state index is -0.327. The van der Waals surface area contributed by atoms with E-state index >= 15 is 0 Å². The Balaban J connectivity index is 1.63. The van der Waals surface area contributed by atoms with Crippen LogP contribution in [0.2, 0.25) is 10.0 Å². The first kappa shape index (κ1) is 17.0. The van der Waals surface area contributed by atoms with E-state index in [-0.39, 0.29) is 11.6 Å².